The van der Waals surface area contributed by atoms with Gasteiger partial charge < -0.3 is 19.7 Å². The number of fused-ring (bicyclic) bond motifs is 1. The molecule has 2 aromatic heterocycles. The van der Waals surface area contributed by atoms with Crippen molar-refractivity contribution in [2.75, 3.05) is 29.9 Å². The van der Waals surface area contributed by atoms with Crippen molar-refractivity contribution in [3.8, 4) is 5.75 Å². The number of nitrogens with zero attached hydrogens (tertiary/aromatic N) is 5. The zero-order chi connectivity index (χ0) is 22.9. The SMILES string of the molecule is Cc1ncccc1Nc1ncnc2c1OCC(=O)N2C1CCN(C(=O)OC(C)(C)C)CC1. The van der Waals surface area contributed by atoms with E-state index in [2.05, 4.69) is 20.3 Å². The van der Waals surface area contributed by atoms with Gasteiger partial charge in [0.2, 0.25) is 5.75 Å². The zero-order valence-electron chi connectivity index (χ0n) is 18.8. The normalized spacial score (nSPS) is 16.9. The molecule has 2 aliphatic heterocycles. The first-order valence-electron chi connectivity index (χ1n) is 10.7. The summed E-state index contributed by atoms with van der Waals surface area (Å²) in [5.41, 5.74) is 1.07. The van der Waals surface area contributed by atoms with Crippen molar-refractivity contribution in [3.63, 3.8) is 0 Å². The quantitative estimate of drug-likeness (QED) is 0.776. The van der Waals surface area contributed by atoms with E-state index in [1.54, 1.807) is 16.0 Å². The molecule has 2 aliphatic rings. The van der Waals surface area contributed by atoms with Gasteiger partial charge in [-0.15, -0.1) is 0 Å². The molecule has 32 heavy (non-hydrogen) atoms. The largest absolute Gasteiger partial charge is 0.476 e. The van der Waals surface area contributed by atoms with Crippen LogP contribution >= 0.6 is 0 Å². The van der Waals surface area contributed by atoms with Gasteiger partial charge in [0.25, 0.3) is 5.91 Å². The predicted molar refractivity (Wildman–Crippen MR) is 118 cm³/mol. The van der Waals surface area contributed by atoms with E-state index in [0.717, 1.165) is 11.4 Å². The van der Waals surface area contributed by atoms with Gasteiger partial charge in [-0.1, -0.05) is 0 Å². The van der Waals surface area contributed by atoms with Gasteiger partial charge in [0.15, 0.2) is 18.2 Å². The molecule has 0 spiro atoms. The molecule has 170 valence electrons. The van der Waals surface area contributed by atoms with Gasteiger partial charge in [-0.2, -0.15) is 0 Å². The number of anilines is 3. The number of carbonyl (C=O) groups excluding carboxylic acids is 2. The van der Waals surface area contributed by atoms with E-state index in [4.69, 9.17) is 9.47 Å². The molecular weight excluding hydrogens is 412 g/mol. The number of aromatic nitrogens is 3. The number of ether oxygens (including phenoxy) is 2. The zero-order valence-corrected chi connectivity index (χ0v) is 18.8. The molecule has 0 atom stereocenters. The molecule has 10 nitrogen and oxygen atoms in total. The van der Waals surface area contributed by atoms with E-state index in [1.807, 2.05) is 39.8 Å². The number of pyridine rings is 1. The number of aryl methyl sites for hydroxylation is 1. The Hall–Kier alpha value is -3.43. The molecule has 4 heterocycles. The summed E-state index contributed by atoms with van der Waals surface area (Å²) >= 11 is 0. The summed E-state index contributed by atoms with van der Waals surface area (Å²) in [6, 6.07) is 3.64. The van der Waals surface area contributed by atoms with Crippen molar-refractivity contribution in [1.29, 1.82) is 0 Å². The van der Waals surface area contributed by atoms with Crippen molar-refractivity contribution in [2.24, 2.45) is 0 Å². The molecule has 1 fully saturated rings. The standard InChI is InChI=1S/C22H28N6O4/c1-14-16(6-5-9-23-14)26-19-18-20(25-13-24-19)28(17(29)12-31-18)15-7-10-27(11-8-15)21(30)32-22(2,3)4/h5-6,9,13,15H,7-8,10-12H2,1-4H3,(H,24,25,26). The molecule has 0 unspecified atom stereocenters. The van der Waals surface area contributed by atoms with Crippen LogP contribution in [0.3, 0.4) is 0 Å². The van der Waals surface area contributed by atoms with Crippen LogP contribution < -0.4 is 15.0 Å². The van der Waals surface area contributed by atoms with Gasteiger partial charge in [-0.25, -0.2) is 14.8 Å². The fraction of sp³-hybridized carbons (Fsp3) is 0.500. The summed E-state index contributed by atoms with van der Waals surface area (Å²) in [6.45, 7) is 8.35. The van der Waals surface area contributed by atoms with Crippen molar-refractivity contribution in [3.05, 3.63) is 30.4 Å². The van der Waals surface area contributed by atoms with Gasteiger partial charge in [0.1, 0.15) is 11.9 Å². The van der Waals surface area contributed by atoms with Crippen LogP contribution in [-0.2, 0) is 9.53 Å². The Morgan fingerprint density at radius 1 is 1.22 bits per heavy atom. The number of hydrogen-bond acceptors (Lipinski definition) is 8. The summed E-state index contributed by atoms with van der Waals surface area (Å²) in [4.78, 5) is 41.5. The Morgan fingerprint density at radius 3 is 2.66 bits per heavy atom. The van der Waals surface area contributed by atoms with Gasteiger partial charge in [-0.3, -0.25) is 14.7 Å². The highest BCUT2D eigenvalue weighted by Gasteiger charge is 2.37. The summed E-state index contributed by atoms with van der Waals surface area (Å²) in [6.07, 6.45) is 4.05. The van der Waals surface area contributed by atoms with Crippen molar-refractivity contribution in [2.45, 2.75) is 52.2 Å². The van der Waals surface area contributed by atoms with E-state index in [0.29, 0.717) is 43.3 Å². The highest BCUT2D eigenvalue weighted by atomic mass is 16.6. The maximum absolute atomic E-state index is 12.8. The lowest BCUT2D eigenvalue weighted by molar-refractivity contribution is -0.122. The van der Waals surface area contributed by atoms with E-state index >= 15 is 0 Å². The number of nitrogens with one attached hydrogen (secondary N) is 1. The monoisotopic (exact) mass is 440 g/mol. The van der Waals surface area contributed by atoms with Crippen LogP contribution in [0, 0.1) is 6.92 Å². The molecule has 4 rings (SSSR count). The number of rotatable bonds is 3. The summed E-state index contributed by atoms with van der Waals surface area (Å²) in [5.74, 6) is 1.20. The second kappa shape index (κ2) is 8.60. The lowest BCUT2D eigenvalue weighted by Crippen LogP contribution is -2.52. The maximum Gasteiger partial charge on any atom is 0.410 e. The maximum atomic E-state index is 12.8. The van der Waals surface area contributed by atoms with Crippen molar-refractivity contribution >= 4 is 29.3 Å². The summed E-state index contributed by atoms with van der Waals surface area (Å²) in [7, 11) is 0. The molecule has 1 saturated heterocycles. The molecule has 0 saturated carbocycles. The third-order valence-corrected chi connectivity index (χ3v) is 5.36. The highest BCUT2D eigenvalue weighted by Crippen LogP contribution is 2.39. The minimum atomic E-state index is -0.542. The number of amides is 2. The average molecular weight is 441 g/mol. The van der Waals surface area contributed by atoms with Crippen molar-refractivity contribution < 1.29 is 19.1 Å². The van der Waals surface area contributed by atoms with Crippen molar-refractivity contribution in [1.82, 2.24) is 19.9 Å². The molecule has 2 amide bonds. The molecule has 0 aromatic carbocycles. The molecule has 10 heteroatoms. The Balaban J connectivity index is 1.52. The Labute approximate surface area is 186 Å². The second-order valence-electron chi connectivity index (χ2n) is 8.89. The molecular formula is C22H28N6O4. The minimum absolute atomic E-state index is 0.0899. The predicted octanol–water partition coefficient (Wildman–Crippen LogP) is 3.05. The Bertz CT molecular complexity index is 1010. The van der Waals surface area contributed by atoms with Crippen LogP contribution in [0.25, 0.3) is 0 Å². The Morgan fingerprint density at radius 2 is 1.97 bits per heavy atom. The first-order valence-corrected chi connectivity index (χ1v) is 10.7. The third-order valence-electron chi connectivity index (χ3n) is 5.36. The van der Waals surface area contributed by atoms with Gasteiger partial charge in [-0.05, 0) is 52.7 Å². The number of carbonyl (C=O) groups is 2. The van der Waals surface area contributed by atoms with Crippen LogP contribution in [0.1, 0.15) is 39.3 Å². The van der Waals surface area contributed by atoms with E-state index in [-0.39, 0.29) is 24.6 Å². The fourth-order valence-corrected chi connectivity index (χ4v) is 3.83. The van der Waals surface area contributed by atoms with Crippen LogP contribution in [0.5, 0.6) is 5.75 Å². The smallest absolute Gasteiger partial charge is 0.410 e. The number of piperidine rings is 1. The summed E-state index contributed by atoms with van der Waals surface area (Å²) < 4.78 is 11.2. The van der Waals surface area contributed by atoms with Gasteiger partial charge in [0, 0.05) is 25.3 Å². The second-order valence-corrected chi connectivity index (χ2v) is 8.89. The molecule has 0 bridgehead atoms. The topological polar surface area (TPSA) is 110 Å². The number of likely N-dealkylation sites (tertiary alicyclic amines) is 1. The average Bonchev–Trinajstić information content (AvgIpc) is 2.74. The Kier molecular flexibility index (Phi) is 5.86. The van der Waals surface area contributed by atoms with Crippen LogP contribution in [0.4, 0.5) is 22.1 Å². The first kappa shape index (κ1) is 21.8. The number of hydrogen-bond donors (Lipinski definition) is 1. The molecule has 0 aliphatic carbocycles. The van der Waals surface area contributed by atoms with Crippen LogP contribution in [0.15, 0.2) is 24.7 Å². The summed E-state index contributed by atoms with van der Waals surface area (Å²) in [5, 5.41) is 3.24. The fourth-order valence-electron chi connectivity index (χ4n) is 3.83. The lowest BCUT2D eigenvalue weighted by atomic mass is 10.0. The van der Waals surface area contributed by atoms with Crippen LogP contribution in [0.2, 0.25) is 0 Å². The highest BCUT2D eigenvalue weighted by molar-refractivity contribution is 5.98. The minimum Gasteiger partial charge on any atom is -0.476 e. The third kappa shape index (κ3) is 4.58. The molecule has 2 aromatic rings. The van der Waals surface area contributed by atoms with E-state index < -0.39 is 5.60 Å². The molecule has 1 N–H and O–H groups in total. The molecule has 0 radical (unpaired) electrons. The van der Waals surface area contributed by atoms with E-state index in [9.17, 15) is 9.59 Å². The van der Waals surface area contributed by atoms with E-state index in [1.165, 1.54) is 6.33 Å². The van der Waals surface area contributed by atoms with Gasteiger partial charge >= 0.3 is 6.09 Å². The van der Waals surface area contributed by atoms with Gasteiger partial charge in [0.05, 0.1) is 11.4 Å². The van der Waals surface area contributed by atoms with Crippen LogP contribution in [-0.4, -0.2) is 63.2 Å². The first-order chi connectivity index (χ1) is 15.2. The lowest BCUT2D eigenvalue weighted by Gasteiger charge is -2.40.